The van der Waals surface area contributed by atoms with Crippen LogP contribution >= 0.6 is 0 Å². The number of rotatable bonds is 10. The summed E-state index contributed by atoms with van der Waals surface area (Å²) in [6.45, 7) is 3.67. The summed E-state index contributed by atoms with van der Waals surface area (Å²) < 4.78 is 25.9. The Hall–Kier alpha value is -3.68. The van der Waals surface area contributed by atoms with Gasteiger partial charge in [0.05, 0.1) is 0 Å². The van der Waals surface area contributed by atoms with Crippen molar-refractivity contribution in [1.82, 2.24) is 14.9 Å². The van der Waals surface area contributed by atoms with E-state index in [2.05, 4.69) is 10.3 Å². The zero-order valence-electron chi connectivity index (χ0n) is 21.0. The number of fused-ring (bicyclic) bond motifs is 1. The number of ether oxygens (including phenoxy) is 2. The summed E-state index contributed by atoms with van der Waals surface area (Å²) in [6, 6.07) is 11.4. The molecule has 0 aliphatic carbocycles. The topological polar surface area (TPSA) is 82.5 Å². The van der Waals surface area contributed by atoms with Crippen LogP contribution in [0.2, 0.25) is 0 Å². The van der Waals surface area contributed by atoms with E-state index < -0.39 is 0 Å². The molecule has 192 valence electrons. The van der Waals surface area contributed by atoms with Gasteiger partial charge in [0.25, 0.3) is 0 Å². The van der Waals surface area contributed by atoms with Gasteiger partial charge in [-0.2, -0.15) is 0 Å². The molecule has 8 heteroatoms. The molecule has 0 unspecified atom stereocenters. The number of carbonyl (C=O) groups excluding carboxylic acids is 2. The van der Waals surface area contributed by atoms with Crippen LogP contribution in [0.5, 0.6) is 11.5 Å². The summed E-state index contributed by atoms with van der Waals surface area (Å²) >= 11 is 0. The average molecular weight is 496 g/mol. The van der Waals surface area contributed by atoms with Gasteiger partial charge in [-0.25, -0.2) is 9.37 Å². The Morgan fingerprint density at radius 3 is 2.39 bits per heavy atom. The average Bonchev–Trinajstić information content (AvgIpc) is 3.26. The van der Waals surface area contributed by atoms with Crippen LogP contribution in [0, 0.1) is 12.7 Å². The van der Waals surface area contributed by atoms with Gasteiger partial charge in [0, 0.05) is 44.4 Å². The van der Waals surface area contributed by atoms with E-state index in [1.54, 1.807) is 6.20 Å². The summed E-state index contributed by atoms with van der Waals surface area (Å²) in [4.78, 5) is 27.9. The Morgan fingerprint density at radius 1 is 1.00 bits per heavy atom. The standard InChI is InChI=1S/C23H26FNO4.C5H8N2/c24-19-9-7-18(8-10-19)20(26)4-2-1-3-5-23(27)25-13-12-17-6-11-21-22(16-17)29-15-14-28-21;1-5-6-3-4-7(5)2/h6-11,16H,1-5,12-15H2,(H,25,27);3-4H,1-2H3. The lowest BCUT2D eigenvalue weighted by Gasteiger charge is -2.18. The fraction of sp³-hybridized carbons (Fsp3) is 0.393. The van der Waals surface area contributed by atoms with Crippen molar-refractivity contribution < 1.29 is 23.5 Å². The molecule has 0 fully saturated rings. The first-order valence-corrected chi connectivity index (χ1v) is 12.3. The minimum absolute atomic E-state index is 0.00822. The normalized spacial score (nSPS) is 11.9. The van der Waals surface area contributed by atoms with Crippen molar-refractivity contribution in [1.29, 1.82) is 0 Å². The third-order valence-corrected chi connectivity index (χ3v) is 5.88. The quantitative estimate of drug-likeness (QED) is 0.322. The third-order valence-electron chi connectivity index (χ3n) is 5.88. The Balaban J connectivity index is 0.000000444. The lowest BCUT2D eigenvalue weighted by molar-refractivity contribution is -0.121. The maximum absolute atomic E-state index is 12.9. The number of ketones is 1. The van der Waals surface area contributed by atoms with E-state index >= 15 is 0 Å². The summed E-state index contributed by atoms with van der Waals surface area (Å²) in [5, 5.41) is 2.93. The molecule has 0 spiro atoms. The first-order chi connectivity index (χ1) is 17.4. The number of imidazole rings is 1. The number of unbranched alkanes of at least 4 members (excludes halogenated alkanes) is 2. The smallest absolute Gasteiger partial charge is 0.220 e. The van der Waals surface area contributed by atoms with Crippen LogP contribution in [0.25, 0.3) is 0 Å². The van der Waals surface area contributed by atoms with Crippen molar-refractivity contribution in [3.63, 3.8) is 0 Å². The van der Waals surface area contributed by atoms with Crippen molar-refractivity contribution in [3.05, 3.63) is 77.6 Å². The Kier molecular flexibility index (Phi) is 10.5. The molecule has 1 aromatic heterocycles. The number of Topliss-reactive ketones (excluding diaryl/α,β-unsaturated/α-hetero) is 1. The minimum Gasteiger partial charge on any atom is -0.486 e. The van der Waals surface area contributed by atoms with E-state index in [0.29, 0.717) is 38.2 Å². The summed E-state index contributed by atoms with van der Waals surface area (Å²) in [7, 11) is 1.97. The first-order valence-electron chi connectivity index (χ1n) is 12.3. The molecule has 0 radical (unpaired) electrons. The molecule has 0 atom stereocenters. The molecule has 1 amide bonds. The molecule has 0 saturated heterocycles. The Labute approximate surface area is 211 Å². The number of amides is 1. The molecule has 36 heavy (non-hydrogen) atoms. The second-order valence-corrected chi connectivity index (χ2v) is 8.65. The fourth-order valence-electron chi connectivity index (χ4n) is 3.65. The largest absolute Gasteiger partial charge is 0.486 e. The molecule has 0 saturated carbocycles. The second kappa shape index (κ2) is 14.0. The summed E-state index contributed by atoms with van der Waals surface area (Å²) in [5.74, 6) is 2.26. The number of hydrogen-bond acceptors (Lipinski definition) is 5. The number of halogens is 1. The first kappa shape index (κ1) is 26.9. The highest BCUT2D eigenvalue weighted by molar-refractivity contribution is 5.95. The fourth-order valence-corrected chi connectivity index (χ4v) is 3.65. The molecule has 0 bridgehead atoms. The van der Waals surface area contributed by atoms with Crippen molar-refractivity contribution in [2.24, 2.45) is 7.05 Å². The van der Waals surface area contributed by atoms with Crippen LogP contribution in [0.4, 0.5) is 4.39 Å². The second-order valence-electron chi connectivity index (χ2n) is 8.65. The minimum atomic E-state index is -0.346. The van der Waals surface area contributed by atoms with Crippen LogP contribution in [-0.2, 0) is 18.3 Å². The Morgan fingerprint density at radius 2 is 1.72 bits per heavy atom. The maximum Gasteiger partial charge on any atom is 0.220 e. The van der Waals surface area contributed by atoms with Gasteiger partial charge in [-0.05, 0) is 68.1 Å². The highest BCUT2D eigenvalue weighted by Gasteiger charge is 2.12. The molecule has 2 aromatic carbocycles. The number of aryl methyl sites for hydroxylation is 2. The number of benzene rings is 2. The highest BCUT2D eigenvalue weighted by Crippen LogP contribution is 2.30. The van der Waals surface area contributed by atoms with Gasteiger partial charge >= 0.3 is 0 Å². The van der Waals surface area contributed by atoms with Gasteiger partial charge in [-0.15, -0.1) is 0 Å². The molecule has 1 N–H and O–H groups in total. The molecular formula is C28H34FN3O4. The predicted molar refractivity (Wildman–Crippen MR) is 136 cm³/mol. The van der Waals surface area contributed by atoms with Gasteiger partial charge in [0.2, 0.25) is 5.91 Å². The van der Waals surface area contributed by atoms with E-state index in [9.17, 15) is 14.0 Å². The summed E-state index contributed by atoms with van der Waals surface area (Å²) in [6.07, 6.45) is 7.58. The molecule has 1 aliphatic heterocycles. The molecule has 4 rings (SSSR count). The Bertz CT molecular complexity index is 1110. The van der Waals surface area contributed by atoms with Gasteiger partial charge < -0.3 is 19.4 Å². The number of carbonyl (C=O) groups is 2. The van der Waals surface area contributed by atoms with Gasteiger partial charge in [0.15, 0.2) is 17.3 Å². The van der Waals surface area contributed by atoms with Crippen LogP contribution in [0.3, 0.4) is 0 Å². The van der Waals surface area contributed by atoms with Crippen molar-refractivity contribution in [3.8, 4) is 11.5 Å². The number of aromatic nitrogens is 2. The molecule has 1 aliphatic rings. The summed E-state index contributed by atoms with van der Waals surface area (Å²) in [5.41, 5.74) is 1.62. The van der Waals surface area contributed by atoms with Crippen LogP contribution in [-0.4, -0.2) is 41.0 Å². The van der Waals surface area contributed by atoms with Gasteiger partial charge in [-0.3, -0.25) is 9.59 Å². The van der Waals surface area contributed by atoms with E-state index in [-0.39, 0.29) is 17.5 Å². The van der Waals surface area contributed by atoms with Crippen molar-refractivity contribution in [2.75, 3.05) is 19.8 Å². The van der Waals surface area contributed by atoms with Crippen molar-refractivity contribution in [2.45, 2.75) is 45.4 Å². The third kappa shape index (κ3) is 8.83. The van der Waals surface area contributed by atoms with Crippen LogP contribution < -0.4 is 14.8 Å². The number of hydrogen-bond donors (Lipinski definition) is 1. The monoisotopic (exact) mass is 495 g/mol. The molecule has 7 nitrogen and oxygen atoms in total. The molecular weight excluding hydrogens is 461 g/mol. The lowest BCUT2D eigenvalue weighted by Crippen LogP contribution is -2.25. The van der Waals surface area contributed by atoms with Crippen LogP contribution in [0.1, 0.15) is 53.8 Å². The van der Waals surface area contributed by atoms with Crippen LogP contribution in [0.15, 0.2) is 54.9 Å². The number of nitrogens with one attached hydrogen (secondary N) is 1. The number of nitrogens with zero attached hydrogens (tertiary/aromatic N) is 2. The van der Waals surface area contributed by atoms with E-state index in [4.69, 9.17) is 9.47 Å². The highest BCUT2D eigenvalue weighted by atomic mass is 19.1. The maximum atomic E-state index is 12.9. The molecule has 2 heterocycles. The van der Waals surface area contributed by atoms with E-state index in [1.165, 1.54) is 24.3 Å². The SMILES string of the molecule is Cc1nccn1C.O=C(CCCCCC(=O)c1ccc(F)cc1)NCCc1ccc2c(c1)OCCO2. The van der Waals surface area contributed by atoms with E-state index in [0.717, 1.165) is 48.6 Å². The zero-order chi connectivity index (χ0) is 25.8. The van der Waals surface area contributed by atoms with Gasteiger partial charge in [-0.1, -0.05) is 12.5 Å². The molecule has 3 aromatic rings. The van der Waals surface area contributed by atoms with Gasteiger partial charge in [0.1, 0.15) is 24.9 Å². The zero-order valence-corrected chi connectivity index (χ0v) is 21.0. The van der Waals surface area contributed by atoms with E-state index in [1.807, 2.05) is 42.9 Å². The van der Waals surface area contributed by atoms with Crippen molar-refractivity contribution >= 4 is 11.7 Å². The predicted octanol–water partition coefficient (Wildman–Crippen LogP) is 4.82. The lowest BCUT2D eigenvalue weighted by atomic mass is 10.0.